The molecule has 1 unspecified atom stereocenters. The van der Waals surface area contributed by atoms with Crippen molar-refractivity contribution in [3.8, 4) is 11.5 Å². The molecule has 2 fully saturated rings. The Balaban J connectivity index is 1.52. The highest BCUT2D eigenvalue weighted by atomic mass is 16.5. The molecule has 140 valence electrons. The van der Waals surface area contributed by atoms with Crippen molar-refractivity contribution in [2.24, 2.45) is 0 Å². The molecule has 2 aromatic rings. The molecule has 1 saturated heterocycles. The minimum absolute atomic E-state index is 0.526. The van der Waals surface area contributed by atoms with Gasteiger partial charge in [-0.05, 0) is 45.2 Å². The second-order valence-electron chi connectivity index (χ2n) is 7.59. The first-order valence-corrected chi connectivity index (χ1v) is 9.67. The van der Waals surface area contributed by atoms with E-state index in [1.165, 1.54) is 42.8 Å². The van der Waals surface area contributed by atoms with Crippen molar-refractivity contribution in [2.45, 2.75) is 51.1 Å². The highest BCUT2D eigenvalue weighted by Crippen LogP contribution is 2.41. The zero-order valence-electron chi connectivity index (χ0n) is 16.1. The first-order chi connectivity index (χ1) is 12.7. The van der Waals surface area contributed by atoms with Crippen molar-refractivity contribution in [1.82, 2.24) is 14.5 Å². The smallest absolute Gasteiger partial charge is 0.165 e. The fraction of sp³-hybridized carbons (Fsp3) is 0.571. The van der Waals surface area contributed by atoms with Crippen LogP contribution in [0.1, 0.15) is 54.7 Å². The number of aromatic nitrogens is 2. The lowest BCUT2D eigenvalue weighted by molar-refractivity contribution is 0.165. The molecule has 1 atom stereocenters. The van der Waals surface area contributed by atoms with Gasteiger partial charge in [0.05, 0.1) is 14.2 Å². The maximum atomic E-state index is 5.62. The zero-order chi connectivity index (χ0) is 18.1. The number of aryl methyl sites for hydroxylation is 1. The number of piperidine rings is 1. The summed E-state index contributed by atoms with van der Waals surface area (Å²) in [6.45, 7) is 5.28. The average Bonchev–Trinajstić information content (AvgIpc) is 3.43. The van der Waals surface area contributed by atoms with E-state index >= 15 is 0 Å². The molecule has 4 rings (SSSR count). The van der Waals surface area contributed by atoms with Crippen LogP contribution < -0.4 is 9.47 Å². The number of rotatable bonds is 6. The monoisotopic (exact) mass is 355 g/mol. The van der Waals surface area contributed by atoms with Crippen LogP contribution >= 0.6 is 0 Å². The molecular formula is C21H29N3O2. The number of methoxy groups -OCH3 is 2. The highest BCUT2D eigenvalue weighted by molar-refractivity contribution is 5.46. The topological polar surface area (TPSA) is 39.5 Å². The van der Waals surface area contributed by atoms with Gasteiger partial charge in [-0.1, -0.05) is 12.1 Å². The van der Waals surface area contributed by atoms with Gasteiger partial charge >= 0.3 is 0 Å². The van der Waals surface area contributed by atoms with Crippen molar-refractivity contribution in [2.75, 3.05) is 27.3 Å². The molecule has 1 aliphatic carbocycles. The number of imidazole rings is 1. The average molecular weight is 355 g/mol. The van der Waals surface area contributed by atoms with Crippen LogP contribution in [0.4, 0.5) is 0 Å². The molecule has 1 aromatic carbocycles. The lowest BCUT2D eigenvalue weighted by atomic mass is 10.0. The predicted molar refractivity (Wildman–Crippen MR) is 102 cm³/mol. The van der Waals surface area contributed by atoms with Crippen LogP contribution in [-0.4, -0.2) is 41.8 Å². The Kier molecular flexibility index (Phi) is 4.90. The lowest BCUT2D eigenvalue weighted by Gasteiger charge is -2.35. The molecule has 1 saturated carbocycles. The van der Waals surface area contributed by atoms with Crippen molar-refractivity contribution in [3.05, 3.63) is 41.5 Å². The molecule has 1 aliphatic heterocycles. The molecule has 1 aromatic heterocycles. The van der Waals surface area contributed by atoms with E-state index < -0.39 is 0 Å². The summed E-state index contributed by atoms with van der Waals surface area (Å²) < 4.78 is 13.6. The van der Waals surface area contributed by atoms with Crippen molar-refractivity contribution in [1.29, 1.82) is 0 Å². The number of nitrogens with zero attached hydrogens (tertiary/aromatic N) is 3. The molecule has 0 amide bonds. The second kappa shape index (κ2) is 7.31. The summed E-state index contributed by atoms with van der Waals surface area (Å²) in [5.74, 6) is 3.67. The number of hydrogen-bond acceptors (Lipinski definition) is 4. The van der Waals surface area contributed by atoms with Gasteiger partial charge in [-0.15, -0.1) is 0 Å². The van der Waals surface area contributed by atoms with Gasteiger partial charge in [0.1, 0.15) is 5.82 Å². The van der Waals surface area contributed by atoms with Gasteiger partial charge in [-0.3, -0.25) is 4.90 Å². The fourth-order valence-electron chi connectivity index (χ4n) is 4.29. The van der Waals surface area contributed by atoms with E-state index in [0.29, 0.717) is 12.0 Å². The molecule has 0 bridgehead atoms. The molecule has 0 spiro atoms. The molecule has 5 heteroatoms. The minimum atomic E-state index is 0.526. The molecule has 0 radical (unpaired) electrons. The summed E-state index contributed by atoms with van der Waals surface area (Å²) in [6.07, 6.45) is 7.11. The van der Waals surface area contributed by atoms with Crippen molar-refractivity contribution < 1.29 is 9.47 Å². The van der Waals surface area contributed by atoms with Crippen LogP contribution in [0.2, 0.25) is 0 Å². The molecule has 2 aliphatic rings. The second-order valence-corrected chi connectivity index (χ2v) is 7.59. The highest BCUT2D eigenvalue weighted by Gasteiger charge is 2.32. The van der Waals surface area contributed by atoms with Crippen molar-refractivity contribution in [3.63, 3.8) is 0 Å². The third-order valence-corrected chi connectivity index (χ3v) is 5.68. The quantitative estimate of drug-likeness (QED) is 0.787. The van der Waals surface area contributed by atoms with E-state index in [0.717, 1.165) is 31.1 Å². The van der Waals surface area contributed by atoms with Crippen LogP contribution in [0, 0.1) is 6.92 Å². The Morgan fingerprint density at radius 3 is 2.73 bits per heavy atom. The van der Waals surface area contributed by atoms with Gasteiger partial charge in [0.15, 0.2) is 11.5 Å². The number of benzene rings is 1. The van der Waals surface area contributed by atoms with Gasteiger partial charge in [0, 0.05) is 42.5 Å². The fourth-order valence-corrected chi connectivity index (χ4v) is 4.29. The van der Waals surface area contributed by atoms with Crippen molar-refractivity contribution >= 4 is 0 Å². The molecule has 5 nitrogen and oxygen atoms in total. The Morgan fingerprint density at radius 2 is 2.00 bits per heavy atom. The summed E-state index contributed by atoms with van der Waals surface area (Å²) in [5.41, 5.74) is 2.50. The number of ether oxygens (including phenoxy) is 2. The molecule has 2 heterocycles. The largest absolute Gasteiger partial charge is 0.493 e. The van der Waals surface area contributed by atoms with Crippen LogP contribution in [0.15, 0.2) is 24.4 Å². The summed E-state index contributed by atoms with van der Waals surface area (Å²) in [7, 11) is 3.41. The SMILES string of the molecule is COc1cccc(CN2CCCC(n3c(C)cnc3C3CC3)C2)c1OC. The first kappa shape index (κ1) is 17.4. The number of likely N-dealkylation sites (tertiary alicyclic amines) is 1. The van der Waals surface area contributed by atoms with Crippen LogP contribution in [0.3, 0.4) is 0 Å². The van der Waals surface area contributed by atoms with E-state index in [1.807, 2.05) is 12.1 Å². The predicted octanol–water partition coefficient (Wildman–Crippen LogP) is 3.92. The van der Waals surface area contributed by atoms with Gasteiger partial charge in [0.25, 0.3) is 0 Å². The Hall–Kier alpha value is -2.01. The third kappa shape index (κ3) is 3.32. The summed E-state index contributed by atoms with van der Waals surface area (Å²) in [4.78, 5) is 7.26. The van der Waals surface area contributed by atoms with Gasteiger partial charge in [-0.25, -0.2) is 4.98 Å². The minimum Gasteiger partial charge on any atom is -0.493 e. The Morgan fingerprint density at radius 1 is 1.15 bits per heavy atom. The summed E-state index contributed by atoms with van der Waals surface area (Å²) in [5, 5.41) is 0. The molecular weight excluding hydrogens is 326 g/mol. The standard InChI is InChI=1S/C21H29N3O2/c1-15-12-22-21(16-9-10-16)24(15)18-7-5-11-23(14-18)13-17-6-4-8-19(25-2)20(17)26-3/h4,6,8,12,16,18H,5,7,9-11,13-14H2,1-3H3. The lowest BCUT2D eigenvalue weighted by Crippen LogP contribution is -2.37. The maximum absolute atomic E-state index is 5.62. The van der Waals surface area contributed by atoms with E-state index in [2.05, 4.69) is 28.7 Å². The summed E-state index contributed by atoms with van der Waals surface area (Å²) in [6, 6.07) is 6.67. The van der Waals surface area contributed by atoms with Crippen LogP contribution in [0.5, 0.6) is 11.5 Å². The normalized spacial score (nSPS) is 21.0. The van der Waals surface area contributed by atoms with Gasteiger partial charge in [-0.2, -0.15) is 0 Å². The van der Waals surface area contributed by atoms with E-state index in [9.17, 15) is 0 Å². The Labute approximate surface area is 155 Å². The number of hydrogen-bond donors (Lipinski definition) is 0. The van der Waals surface area contributed by atoms with Gasteiger partial charge in [0.2, 0.25) is 0 Å². The first-order valence-electron chi connectivity index (χ1n) is 9.67. The Bertz CT molecular complexity index is 767. The van der Waals surface area contributed by atoms with E-state index in [1.54, 1.807) is 14.2 Å². The molecule has 0 N–H and O–H groups in total. The number of para-hydroxylation sites is 1. The summed E-state index contributed by atoms with van der Waals surface area (Å²) >= 11 is 0. The van der Waals surface area contributed by atoms with E-state index in [-0.39, 0.29) is 0 Å². The van der Waals surface area contributed by atoms with Crippen LogP contribution in [-0.2, 0) is 6.54 Å². The molecule has 26 heavy (non-hydrogen) atoms. The van der Waals surface area contributed by atoms with E-state index in [4.69, 9.17) is 14.5 Å². The van der Waals surface area contributed by atoms with Crippen LogP contribution in [0.25, 0.3) is 0 Å². The zero-order valence-corrected chi connectivity index (χ0v) is 16.1. The third-order valence-electron chi connectivity index (χ3n) is 5.68. The maximum Gasteiger partial charge on any atom is 0.165 e. The van der Waals surface area contributed by atoms with Gasteiger partial charge < -0.3 is 14.0 Å².